The van der Waals surface area contributed by atoms with E-state index >= 15 is 0 Å². The second-order valence-corrected chi connectivity index (χ2v) is 7.08. The molecule has 9 nitrogen and oxygen atoms in total. The molecule has 0 aromatic heterocycles. The van der Waals surface area contributed by atoms with E-state index in [0.29, 0.717) is 6.42 Å². The van der Waals surface area contributed by atoms with E-state index in [0.717, 1.165) is 5.56 Å². The number of hydrogen-bond donors (Lipinski definition) is 5. The summed E-state index contributed by atoms with van der Waals surface area (Å²) < 4.78 is 0. The van der Waals surface area contributed by atoms with Crippen LogP contribution in [0.3, 0.4) is 0 Å². The SMILES string of the molecule is CC(C)(CCNC(=O)CNC(=O)C(Cc1ccccc1)NC(=O)CN)C(N)=O. The van der Waals surface area contributed by atoms with E-state index in [1.54, 1.807) is 13.8 Å². The summed E-state index contributed by atoms with van der Waals surface area (Å²) in [6.07, 6.45) is 0.651. The number of carbonyl (C=O) groups is 4. The molecule has 28 heavy (non-hydrogen) atoms. The van der Waals surface area contributed by atoms with Crippen molar-refractivity contribution in [2.45, 2.75) is 32.7 Å². The zero-order chi connectivity index (χ0) is 21.2. The van der Waals surface area contributed by atoms with Crippen LogP contribution >= 0.6 is 0 Å². The molecule has 0 saturated carbocycles. The minimum Gasteiger partial charge on any atom is -0.369 e. The Bertz CT molecular complexity index is 691. The van der Waals surface area contributed by atoms with E-state index in [2.05, 4.69) is 16.0 Å². The maximum absolute atomic E-state index is 12.4. The van der Waals surface area contributed by atoms with Crippen LogP contribution in [0.25, 0.3) is 0 Å². The van der Waals surface area contributed by atoms with Crippen LogP contribution in [0.15, 0.2) is 30.3 Å². The number of benzene rings is 1. The molecular formula is C19H29N5O4. The first-order valence-corrected chi connectivity index (χ1v) is 9.03. The van der Waals surface area contributed by atoms with Gasteiger partial charge in [0.2, 0.25) is 23.6 Å². The molecule has 0 heterocycles. The van der Waals surface area contributed by atoms with Gasteiger partial charge in [-0.2, -0.15) is 0 Å². The third-order valence-electron chi connectivity index (χ3n) is 4.28. The van der Waals surface area contributed by atoms with E-state index in [9.17, 15) is 19.2 Å². The molecule has 1 aromatic carbocycles. The molecule has 154 valence electrons. The third-order valence-corrected chi connectivity index (χ3v) is 4.28. The second kappa shape index (κ2) is 11.0. The average molecular weight is 391 g/mol. The van der Waals surface area contributed by atoms with Crippen molar-refractivity contribution in [1.82, 2.24) is 16.0 Å². The van der Waals surface area contributed by atoms with E-state index < -0.39 is 35.1 Å². The van der Waals surface area contributed by atoms with Crippen molar-refractivity contribution in [2.75, 3.05) is 19.6 Å². The zero-order valence-electron chi connectivity index (χ0n) is 16.3. The molecule has 0 aliphatic heterocycles. The van der Waals surface area contributed by atoms with Crippen molar-refractivity contribution in [3.63, 3.8) is 0 Å². The largest absolute Gasteiger partial charge is 0.369 e. The smallest absolute Gasteiger partial charge is 0.243 e. The maximum Gasteiger partial charge on any atom is 0.243 e. The quantitative estimate of drug-likeness (QED) is 0.320. The van der Waals surface area contributed by atoms with E-state index in [1.165, 1.54) is 0 Å². The van der Waals surface area contributed by atoms with Crippen LogP contribution in [0.1, 0.15) is 25.8 Å². The molecule has 0 bridgehead atoms. The first kappa shape index (κ1) is 23.1. The van der Waals surface area contributed by atoms with E-state index in [4.69, 9.17) is 11.5 Å². The van der Waals surface area contributed by atoms with E-state index in [-0.39, 0.29) is 26.1 Å². The fraction of sp³-hybridized carbons (Fsp3) is 0.474. The van der Waals surface area contributed by atoms with Crippen molar-refractivity contribution >= 4 is 23.6 Å². The molecule has 1 rings (SSSR count). The van der Waals surface area contributed by atoms with Crippen LogP contribution in [0, 0.1) is 5.41 Å². The molecule has 0 radical (unpaired) electrons. The summed E-state index contributed by atoms with van der Waals surface area (Å²) >= 11 is 0. The Morgan fingerprint density at radius 1 is 1.04 bits per heavy atom. The minimum atomic E-state index is -0.847. The Labute approximate surface area is 164 Å². The van der Waals surface area contributed by atoms with Gasteiger partial charge in [0, 0.05) is 18.4 Å². The number of nitrogens with one attached hydrogen (secondary N) is 3. The highest BCUT2D eigenvalue weighted by Crippen LogP contribution is 2.18. The van der Waals surface area contributed by atoms with Gasteiger partial charge in [0.25, 0.3) is 0 Å². The minimum absolute atomic E-state index is 0.241. The van der Waals surface area contributed by atoms with Crippen LogP contribution in [0.2, 0.25) is 0 Å². The molecular weight excluding hydrogens is 362 g/mol. The number of amides is 4. The lowest BCUT2D eigenvalue weighted by molar-refractivity contribution is -0.130. The molecule has 1 atom stereocenters. The molecule has 0 fully saturated rings. The highest BCUT2D eigenvalue weighted by molar-refractivity contribution is 5.91. The summed E-state index contributed by atoms with van der Waals surface area (Å²) in [5, 5.41) is 7.68. The molecule has 9 heteroatoms. The summed E-state index contributed by atoms with van der Waals surface area (Å²) in [5.74, 6) is -1.81. The highest BCUT2D eigenvalue weighted by Gasteiger charge is 2.25. The Balaban J connectivity index is 2.54. The molecule has 0 aliphatic rings. The van der Waals surface area contributed by atoms with Gasteiger partial charge in [-0.3, -0.25) is 19.2 Å². The van der Waals surface area contributed by atoms with Gasteiger partial charge in [-0.1, -0.05) is 44.2 Å². The molecule has 1 aromatic rings. The summed E-state index contributed by atoms with van der Waals surface area (Å²) in [5.41, 5.74) is 10.7. The van der Waals surface area contributed by atoms with Gasteiger partial charge in [0.1, 0.15) is 6.04 Å². The standard InChI is InChI=1S/C19H29N5O4/c1-19(2,18(21)28)8-9-22-16(26)12-23-17(27)14(24-15(25)11-20)10-13-6-4-3-5-7-13/h3-7,14H,8-12,20H2,1-2H3,(H2,21,28)(H,22,26)(H,23,27)(H,24,25). The molecule has 4 amide bonds. The molecule has 7 N–H and O–H groups in total. The van der Waals surface area contributed by atoms with E-state index in [1.807, 2.05) is 30.3 Å². The molecule has 0 aliphatic carbocycles. The lowest BCUT2D eigenvalue weighted by atomic mass is 9.89. The van der Waals surface area contributed by atoms with Gasteiger partial charge in [-0.25, -0.2) is 0 Å². The summed E-state index contributed by atoms with van der Waals surface area (Å²) in [7, 11) is 0. The second-order valence-electron chi connectivity index (χ2n) is 7.08. The van der Waals surface area contributed by atoms with Gasteiger partial charge >= 0.3 is 0 Å². The predicted octanol–water partition coefficient (Wildman–Crippen LogP) is -1.19. The van der Waals surface area contributed by atoms with Crippen LogP contribution in [0.5, 0.6) is 0 Å². The predicted molar refractivity (Wildman–Crippen MR) is 105 cm³/mol. The van der Waals surface area contributed by atoms with Crippen LogP contribution in [-0.4, -0.2) is 49.3 Å². The number of primary amides is 1. The molecule has 0 saturated heterocycles. The van der Waals surface area contributed by atoms with Crippen molar-refractivity contribution in [3.05, 3.63) is 35.9 Å². The normalized spacial score (nSPS) is 12.0. The van der Waals surface area contributed by atoms with Gasteiger partial charge in [0.05, 0.1) is 13.1 Å². The first-order chi connectivity index (χ1) is 13.2. The summed E-state index contributed by atoms with van der Waals surface area (Å²) in [4.78, 5) is 47.2. The Morgan fingerprint density at radius 2 is 1.68 bits per heavy atom. The summed E-state index contributed by atoms with van der Waals surface area (Å²) in [6, 6.07) is 8.33. The Hall–Kier alpha value is -2.94. The zero-order valence-corrected chi connectivity index (χ0v) is 16.3. The number of rotatable bonds is 11. The Morgan fingerprint density at radius 3 is 2.25 bits per heavy atom. The monoisotopic (exact) mass is 391 g/mol. The number of nitrogens with two attached hydrogens (primary N) is 2. The van der Waals surface area contributed by atoms with Gasteiger partial charge < -0.3 is 27.4 Å². The average Bonchev–Trinajstić information content (AvgIpc) is 2.66. The van der Waals surface area contributed by atoms with Crippen molar-refractivity contribution < 1.29 is 19.2 Å². The Kier molecular flexibility index (Phi) is 9.10. The van der Waals surface area contributed by atoms with Crippen LogP contribution < -0.4 is 27.4 Å². The van der Waals surface area contributed by atoms with Crippen LogP contribution in [-0.2, 0) is 25.6 Å². The van der Waals surface area contributed by atoms with Gasteiger partial charge in [0.15, 0.2) is 0 Å². The summed E-state index contributed by atoms with van der Waals surface area (Å²) in [6.45, 7) is 3.14. The van der Waals surface area contributed by atoms with Crippen molar-refractivity contribution in [1.29, 1.82) is 0 Å². The maximum atomic E-state index is 12.4. The molecule has 1 unspecified atom stereocenters. The lowest BCUT2D eigenvalue weighted by Gasteiger charge is -2.20. The van der Waals surface area contributed by atoms with Crippen molar-refractivity contribution in [3.8, 4) is 0 Å². The van der Waals surface area contributed by atoms with Crippen molar-refractivity contribution in [2.24, 2.45) is 16.9 Å². The van der Waals surface area contributed by atoms with Gasteiger partial charge in [-0.15, -0.1) is 0 Å². The third kappa shape index (κ3) is 8.17. The first-order valence-electron chi connectivity index (χ1n) is 9.03. The highest BCUT2D eigenvalue weighted by atomic mass is 16.2. The fourth-order valence-corrected chi connectivity index (χ4v) is 2.30. The van der Waals surface area contributed by atoms with Crippen LogP contribution in [0.4, 0.5) is 0 Å². The topological polar surface area (TPSA) is 156 Å². The lowest BCUT2D eigenvalue weighted by Crippen LogP contribution is -2.51. The fourth-order valence-electron chi connectivity index (χ4n) is 2.30. The van der Waals surface area contributed by atoms with Gasteiger partial charge in [-0.05, 0) is 12.0 Å². The number of hydrogen-bond acceptors (Lipinski definition) is 5. The number of carbonyl (C=O) groups excluding carboxylic acids is 4. The molecule has 0 spiro atoms.